The molecule has 0 radical (unpaired) electrons. The van der Waals surface area contributed by atoms with Crippen LogP contribution in [0.3, 0.4) is 0 Å². The van der Waals surface area contributed by atoms with Crippen LogP contribution in [0.5, 0.6) is 0 Å². The summed E-state index contributed by atoms with van der Waals surface area (Å²) in [5, 5.41) is 0. The Bertz CT molecular complexity index is 1080. The molecule has 0 aliphatic carbocycles. The average molecular weight is 618 g/mol. The zero-order valence-electron chi connectivity index (χ0n) is 16.0. The van der Waals surface area contributed by atoms with Gasteiger partial charge in [-0.05, 0) is 0 Å². The van der Waals surface area contributed by atoms with Gasteiger partial charge in [-0.3, -0.25) is 0 Å². The van der Waals surface area contributed by atoms with E-state index < -0.39 is 34.1 Å². The molecule has 2 nitrogen and oxygen atoms in total. The molecule has 0 saturated heterocycles. The first-order valence-electron chi connectivity index (χ1n) is 9.46. The molecule has 30 heavy (non-hydrogen) atoms. The monoisotopic (exact) mass is 622 g/mol. The summed E-state index contributed by atoms with van der Waals surface area (Å²) in [6, 6.07) is 34.8. The quantitative estimate of drug-likeness (QED) is 0.236. The standard InChI is InChI=1S/C26H18O2Te2/c27-25(19-11-3-1-4-12-19)21-15-7-9-17-23(21)29-30-24-18-10-8-16-22(24)26(28)20-13-5-2-6-14-20/h1-18H. The Balaban J connectivity index is 1.59. The molecule has 4 heteroatoms. The maximum absolute atomic E-state index is 13.0. The Labute approximate surface area is 192 Å². The van der Waals surface area contributed by atoms with Crippen molar-refractivity contribution in [3.8, 4) is 0 Å². The van der Waals surface area contributed by atoms with Crippen LogP contribution in [0.4, 0.5) is 0 Å². The van der Waals surface area contributed by atoms with Gasteiger partial charge in [0.25, 0.3) is 0 Å². The molecule has 0 amide bonds. The molecular weight excluding hydrogens is 599 g/mol. The van der Waals surface area contributed by atoms with E-state index in [1.54, 1.807) is 0 Å². The van der Waals surface area contributed by atoms with Gasteiger partial charge in [0.05, 0.1) is 0 Å². The van der Waals surface area contributed by atoms with Crippen LogP contribution in [0.2, 0.25) is 0 Å². The summed E-state index contributed by atoms with van der Waals surface area (Å²) in [6.07, 6.45) is 0. The van der Waals surface area contributed by atoms with Gasteiger partial charge in [-0.15, -0.1) is 0 Å². The molecule has 0 aliphatic rings. The van der Waals surface area contributed by atoms with E-state index in [0.717, 1.165) is 22.3 Å². The molecule has 4 aromatic carbocycles. The Morgan fingerprint density at radius 1 is 0.433 bits per heavy atom. The zero-order chi connectivity index (χ0) is 20.8. The molecule has 0 unspecified atom stereocenters. The van der Waals surface area contributed by atoms with Crippen molar-refractivity contribution < 1.29 is 9.59 Å². The molecule has 0 saturated carbocycles. The van der Waals surface area contributed by atoms with Crippen molar-refractivity contribution >= 4 is 52.9 Å². The third-order valence-corrected chi connectivity index (χ3v) is 16.3. The second kappa shape index (κ2) is 10.2. The molecule has 4 aromatic rings. The first-order valence-corrected chi connectivity index (χ1v) is 19.1. The zero-order valence-corrected chi connectivity index (χ0v) is 20.7. The van der Waals surface area contributed by atoms with Crippen molar-refractivity contribution in [1.82, 2.24) is 0 Å². The molecule has 0 fully saturated rings. The van der Waals surface area contributed by atoms with E-state index in [9.17, 15) is 9.59 Å². The number of benzene rings is 4. The minimum absolute atomic E-state index is 0.0809. The predicted octanol–water partition coefficient (Wildman–Crippen LogP) is 3.42. The normalized spacial score (nSPS) is 10.5. The second-order valence-electron chi connectivity index (χ2n) is 6.55. The fraction of sp³-hybridized carbons (Fsp3) is 0. The first kappa shape index (κ1) is 21.0. The van der Waals surface area contributed by atoms with Crippen molar-refractivity contribution in [2.24, 2.45) is 0 Å². The summed E-state index contributed by atoms with van der Waals surface area (Å²) in [5.41, 5.74) is 3.06. The fourth-order valence-electron chi connectivity index (χ4n) is 3.03. The van der Waals surface area contributed by atoms with E-state index in [1.165, 1.54) is 7.22 Å². The summed E-state index contributed by atoms with van der Waals surface area (Å²) in [6.45, 7) is 0. The molecule has 4 rings (SSSR count). The average Bonchev–Trinajstić information content (AvgIpc) is 2.83. The van der Waals surface area contributed by atoms with E-state index in [1.807, 2.05) is 97.1 Å². The van der Waals surface area contributed by atoms with Crippen LogP contribution in [0.1, 0.15) is 31.8 Å². The summed E-state index contributed by atoms with van der Waals surface area (Å²) >= 11 is -1.14. The number of hydrogen-bond acceptors (Lipinski definition) is 2. The first-order chi connectivity index (χ1) is 14.7. The van der Waals surface area contributed by atoms with Gasteiger partial charge < -0.3 is 0 Å². The third kappa shape index (κ3) is 4.92. The van der Waals surface area contributed by atoms with Crippen molar-refractivity contribution in [2.45, 2.75) is 0 Å². The van der Waals surface area contributed by atoms with Gasteiger partial charge in [0.1, 0.15) is 0 Å². The number of rotatable bonds is 7. The van der Waals surface area contributed by atoms with Gasteiger partial charge in [-0.25, -0.2) is 0 Å². The van der Waals surface area contributed by atoms with Gasteiger partial charge in [0.15, 0.2) is 0 Å². The number of hydrogen-bond donors (Lipinski definition) is 0. The molecule has 0 bridgehead atoms. The van der Waals surface area contributed by atoms with Crippen molar-refractivity contribution in [3.05, 3.63) is 131 Å². The van der Waals surface area contributed by atoms with E-state index >= 15 is 0 Å². The maximum atomic E-state index is 13.0. The van der Waals surface area contributed by atoms with Gasteiger partial charge in [-0.2, -0.15) is 0 Å². The van der Waals surface area contributed by atoms with Crippen LogP contribution in [-0.2, 0) is 0 Å². The van der Waals surface area contributed by atoms with Crippen LogP contribution in [0.25, 0.3) is 0 Å². The molecule has 0 atom stereocenters. The van der Waals surface area contributed by atoms with E-state index in [0.29, 0.717) is 0 Å². The Hall–Kier alpha value is -2.20. The van der Waals surface area contributed by atoms with E-state index in [2.05, 4.69) is 12.1 Å². The van der Waals surface area contributed by atoms with Crippen LogP contribution < -0.4 is 7.22 Å². The number of carbonyl (C=O) groups is 2. The van der Waals surface area contributed by atoms with Crippen LogP contribution in [-0.4, -0.2) is 45.7 Å². The topological polar surface area (TPSA) is 34.1 Å². The number of carbonyl (C=O) groups excluding carboxylic acids is 2. The van der Waals surface area contributed by atoms with Gasteiger partial charge >= 0.3 is 194 Å². The Kier molecular flexibility index (Phi) is 7.16. The van der Waals surface area contributed by atoms with E-state index in [4.69, 9.17) is 0 Å². The molecule has 0 spiro atoms. The molecule has 0 N–H and O–H groups in total. The second-order valence-corrected chi connectivity index (χ2v) is 16.4. The predicted molar refractivity (Wildman–Crippen MR) is 123 cm³/mol. The molecule has 146 valence electrons. The van der Waals surface area contributed by atoms with Crippen LogP contribution in [0.15, 0.2) is 109 Å². The van der Waals surface area contributed by atoms with Crippen LogP contribution in [0, 0.1) is 0 Å². The SMILES string of the molecule is O=C(c1ccccc1)c1ccccc1[Te][Te]c1ccccc1C(=O)c1ccccc1. The third-order valence-electron chi connectivity index (χ3n) is 4.56. The van der Waals surface area contributed by atoms with Crippen LogP contribution >= 0.6 is 0 Å². The molecule has 0 aromatic heterocycles. The number of ketones is 2. The van der Waals surface area contributed by atoms with Crippen molar-refractivity contribution in [3.63, 3.8) is 0 Å². The molecule has 0 heterocycles. The Morgan fingerprint density at radius 2 is 0.767 bits per heavy atom. The van der Waals surface area contributed by atoms with Gasteiger partial charge in [0.2, 0.25) is 0 Å². The summed E-state index contributed by atoms with van der Waals surface area (Å²) in [5.74, 6) is 0.162. The minimum atomic E-state index is -0.568. The summed E-state index contributed by atoms with van der Waals surface area (Å²) in [4.78, 5) is 26.0. The van der Waals surface area contributed by atoms with Crippen molar-refractivity contribution in [2.75, 3.05) is 0 Å². The molecular formula is C26H18O2Te2. The van der Waals surface area contributed by atoms with E-state index in [-0.39, 0.29) is 11.6 Å². The molecule has 0 aliphatic heterocycles. The van der Waals surface area contributed by atoms with Crippen molar-refractivity contribution in [1.29, 1.82) is 0 Å². The van der Waals surface area contributed by atoms with Gasteiger partial charge in [-0.1, -0.05) is 0 Å². The summed E-state index contributed by atoms with van der Waals surface area (Å²) in [7, 11) is 0. The summed E-state index contributed by atoms with van der Waals surface area (Å²) < 4.78 is 2.36. The fourth-order valence-corrected chi connectivity index (χ4v) is 14.7. The Morgan fingerprint density at radius 3 is 1.17 bits per heavy atom. The van der Waals surface area contributed by atoms with Gasteiger partial charge in [0, 0.05) is 0 Å².